The molecule has 0 atom stereocenters. The summed E-state index contributed by atoms with van der Waals surface area (Å²) < 4.78 is 21.6. The van der Waals surface area contributed by atoms with Gasteiger partial charge >= 0.3 is 17.3 Å². The van der Waals surface area contributed by atoms with Gasteiger partial charge in [-0.25, -0.2) is 9.18 Å². The minimum Gasteiger partial charge on any atom is -0.443 e. The molecule has 2 aromatic rings. The fourth-order valence-electron chi connectivity index (χ4n) is 3.10. The predicted octanol–water partition coefficient (Wildman–Crippen LogP) is 3.65. The summed E-state index contributed by atoms with van der Waals surface area (Å²) in [4.78, 5) is 35.4. The van der Waals surface area contributed by atoms with E-state index in [1.165, 1.54) is 22.9 Å². The molecule has 148 valence electrons. The average molecular weight is 389 g/mol. The lowest BCUT2D eigenvalue weighted by Crippen LogP contribution is -2.30. The fraction of sp³-hybridized carbons (Fsp3) is 0.368. The molecule has 0 saturated heterocycles. The third kappa shape index (κ3) is 3.88. The number of nitrogens with zero attached hydrogens (tertiary/aromatic N) is 3. The van der Waals surface area contributed by atoms with Gasteiger partial charge in [-0.2, -0.15) is 0 Å². The Hall–Kier alpha value is -3.23. The van der Waals surface area contributed by atoms with E-state index in [1.54, 1.807) is 26.8 Å². The zero-order valence-corrected chi connectivity index (χ0v) is 15.8. The molecule has 0 spiro atoms. The summed E-state index contributed by atoms with van der Waals surface area (Å²) in [5.74, 6) is -0.298. The lowest BCUT2D eigenvalue weighted by atomic mass is 10.0. The van der Waals surface area contributed by atoms with Gasteiger partial charge in [-0.3, -0.25) is 19.5 Å². The summed E-state index contributed by atoms with van der Waals surface area (Å²) in [6.07, 6.45) is 2.57. The average Bonchev–Trinajstić information content (AvgIpc) is 2.91. The predicted molar refractivity (Wildman–Crippen MR) is 99.9 cm³/mol. The SMILES string of the molecule is CC(C)(C)OC(=O)n1c(Cn2cccc([N+](=O)[O-])c2=O)cc2c1CCC(F)=C2. The Labute approximate surface area is 160 Å². The summed E-state index contributed by atoms with van der Waals surface area (Å²) in [7, 11) is 0. The van der Waals surface area contributed by atoms with Gasteiger partial charge in [0.1, 0.15) is 11.4 Å². The molecule has 0 fully saturated rings. The monoisotopic (exact) mass is 389 g/mol. The van der Waals surface area contributed by atoms with E-state index in [0.29, 0.717) is 23.4 Å². The molecule has 0 radical (unpaired) electrons. The van der Waals surface area contributed by atoms with Gasteiger partial charge in [0.2, 0.25) is 0 Å². The van der Waals surface area contributed by atoms with E-state index in [0.717, 1.165) is 10.6 Å². The molecule has 0 aliphatic heterocycles. The molecule has 8 nitrogen and oxygen atoms in total. The highest BCUT2D eigenvalue weighted by Gasteiger charge is 2.27. The van der Waals surface area contributed by atoms with E-state index in [-0.39, 0.29) is 18.8 Å². The van der Waals surface area contributed by atoms with Crippen LogP contribution in [0.5, 0.6) is 0 Å². The maximum atomic E-state index is 13.7. The zero-order valence-electron chi connectivity index (χ0n) is 15.8. The molecule has 2 heterocycles. The highest BCUT2D eigenvalue weighted by atomic mass is 19.1. The van der Waals surface area contributed by atoms with Crippen LogP contribution in [-0.2, 0) is 17.7 Å². The third-order valence-corrected chi connectivity index (χ3v) is 4.23. The Bertz CT molecular complexity index is 1040. The maximum Gasteiger partial charge on any atom is 0.419 e. The Morgan fingerprint density at radius 1 is 1.36 bits per heavy atom. The minimum absolute atomic E-state index is 0.0950. The van der Waals surface area contributed by atoms with Crippen molar-refractivity contribution in [3.05, 3.63) is 67.6 Å². The van der Waals surface area contributed by atoms with Gasteiger partial charge < -0.3 is 9.30 Å². The van der Waals surface area contributed by atoms with Gasteiger partial charge in [-0.05, 0) is 51.0 Å². The molecule has 0 bridgehead atoms. The molecule has 9 heteroatoms. The molecule has 0 saturated carbocycles. The van der Waals surface area contributed by atoms with E-state index in [2.05, 4.69) is 0 Å². The first-order valence-corrected chi connectivity index (χ1v) is 8.73. The van der Waals surface area contributed by atoms with E-state index < -0.39 is 27.9 Å². The smallest absolute Gasteiger partial charge is 0.419 e. The first-order chi connectivity index (χ1) is 13.1. The van der Waals surface area contributed by atoms with Crippen LogP contribution in [0.2, 0.25) is 0 Å². The zero-order chi connectivity index (χ0) is 20.6. The first kappa shape index (κ1) is 19.5. The van der Waals surface area contributed by atoms with Crippen LogP contribution in [0.4, 0.5) is 14.9 Å². The molecule has 0 amide bonds. The van der Waals surface area contributed by atoms with Crippen molar-refractivity contribution in [1.29, 1.82) is 0 Å². The van der Waals surface area contributed by atoms with Crippen LogP contribution in [-0.4, -0.2) is 25.8 Å². The van der Waals surface area contributed by atoms with Crippen molar-refractivity contribution in [1.82, 2.24) is 9.13 Å². The topological polar surface area (TPSA) is 96.4 Å². The minimum atomic E-state index is -0.788. The van der Waals surface area contributed by atoms with Crippen molar-refractivity contribution in [3.8, 4) is 0 Å². The van der Waals surface area contributed by atoms with Gasteiger partial charge in [-0.1, -0.05) is 0 Å². The largest absolute Gasteiger partial charge is 0.443 e. The summed E-state index contributed by atoms with van der Waals surface area (Å²) >= 11 is 0. The van der Waals surface area contributed by atoms with Crippen molar-refractivity contribution >= 4 is 17.9 Å². The second-order valence-corrected chi connectivity index (χ2v) is 7.53. The lowest BCUT2D eigenvalue weighted by molar-refractivity contribution is -0.386. The Morgan fingerprint density at radius 2 is 2.07 bits per heavy atom. The standard InChI is InChI=1S/C19H20FN3O5/c1-19(2,3)28-18(25)22-14(10-12-9-13(20)6-7-15(12)22)11-21-8-4-5-16(17(21)24)23(26)27/h4-5,8-10H,6-7,11H2,1-3H3. The molecular weight excluding hydrogens is 369 g/mol. The van der Waals surface area contributed by atoms with Crippen LogP contribution < -0.4 is 5.56 Å². The van der Waals surface area contributed by atoms with Gasteiger partial charge in [0.05, 0.1) is 11.5 Å². The first-order valence-electron chi connectivity index (χ1n) is 8.73. The number of pyridine rings is 1. The molecule has 1 aliphatic carbocycles. The van der Waals surface area contributed by atoms with Crippen LogP contribution in [0.1, 0.15) is 44.1 Å². The van der Waals surface area contributed by atoms with Crippen molar-refractivity contribution in [2.45, 2.75) is 45.8 Å². The van der Waals surface area contributed by atoms with Crippen molar-refractivity contribution in [2.75, 3.05) is 0 Å². The Morgan fingerprint density at radius 3 is 2.71 bits per heavy atom. The van der Waals surface area contributed by atoms with Crippen LogP contribution in [0, 0.1) is 10.1 Å². The van der Waals surface area contributed by atoms with Crippen molar-refractivity contribution in [2.24, 2.45) is 0 Å². The number of nitro groups is 1. The molecule has 28 heavy (non-hydrogen) atoms. The quantitative estimate of drug-likeness (QED) is 0.590. The second-order valence-electron chi connectivity index (χ2n) is 7.53. The summed E-state index contributed by atoms with van der Waals surface area (Å²) in [6.45, 7) is 5.09. The Kier molecular flexibility index (Phi) is 4.93. The number of rotatable bonds is 3. The number of fused-ring (bicyclic) bond motifs is 1. The molecule has 3 rings (SSSR count). The summed E-state index contributed by atoms with van der Waals surface area (Å²) in [5.41, 5.74) is -0.596. The molecule has 0 N–H and O–H groups in total. The second kappa shape index (κ2) is 7.06. The van der Waals surface area contributed by atoms with Gasteiger partial charge in [0.15, 0.2) is 0 Å². The van der Waals surface area contributed by atoms with Gasteiger partial charge in [-0.15, -0.1) is 0 Å². The Balaban J connectivity index is 2.09. The van der Waals surface area contributed by atoms with Crippen molar-refractivity contribution < 1.29 is 18.8 Å². The summed E-state index contributed by atoms with van der Waals surface area (Å²) in [6, 6.07) is 4.11. The number of carbonyl (C=O) groups excluding carboxylic acids is 1. The third-order valence-electron chi connectivity index (χ3n) is 4.23. The number of aromatic nitrogens is 2. The van der Waals surface area contributed by atoms with E-state index >= 15 is 0 Å². The van der Waals surface area contributed by atoms with E-state index in [1.807, 2.05) is 0 Å². The molecular formula is C19H20FN3O5. The van der Waals surface area contributed by atoms with E-state index in [4.69, 9.17) is 4.74 Å². The summed E-state index contributed by atoms with van der Waals surface area (Å²) in [5, 5.41) is 11.0. The van der Waals surface area contributed by atoms with Crippen LogP contribution >= 0.6 is 0 Å². The normalized spacial score (nSPS) is 13.6. The number of ether oxygens (including phenoxy) is 1. The van der Waals surface area contributed by atoms with Crippen LogP contribution in [0.25, 0.3) is 6.08 Å². The number of hydrogen-bond acceptors (Lipinski definition) is 5. The molecule has 2 aromatic heterocycles. The van der Waals surface area contributed by atoms with Crippen molar-refractivity contribution in [3.63, 3.8) is 0 Å². The number of carbonyl (C=O) groups is 1. The fourth-order valence-corrected chi connectivity index (χ4v) is 3.10. The van der Waals surface area contributed by atoms with Gasteiger partial charge in [0.25, 0.3) is 0 Å². The van der Waals surface area contributed by atoms with Crippen LogP contribution in [0.3, 0.4) is 0 Å². The highest BCUT2D eigenvalue weighted by Crippen LogP contribution is 2.29. The number of halogens is 1. The number of allylic oxidation sites excluding steroid dienone is 1. The molecule has 1 aliphatic rings. The highest BCUT2D eigenvalue weighted by molar-refractivity contribution is 5.76. The van der Waals surface area contributed by atoms with Gasteiger partial charge in [0, 0.05) is 30.1 Å². The lowest BCUT2D eigenvalue weighted by Gasteiger charge is -2.22. The molecule has 0 unspecified atom stereocenters. The van der Waals surface area contributed by atoms with Crippen LogP contribution in [0.15, 0.2) is 35.0 Å². The number of hydrogen-bond donors (Lipinski definition) is 0. The van der Waals surface area contributed by atoms with E-state index in [9.17, 15) is 24.1 Å². The maximum absolute atomic E-state index is 13.7. The molecule has 0 aromatic carbocycles.